The number of β-amino-alcohol motifs (C(OH)–C–C–N with tert-alkyl or cyclic N) is 1. The van der Waals surface area contributed by atoms with E-state index in [0.717, 1.165) is 31.4 Å². The van der Waals surface area contributed by atoms with Gasteiger partial charge in [-0.15, -0.1) is 11.3 Å². The third-order valence-corrected chi connectivity index (χ3v) is 9.21. The largest absolute Gasteiger partial charge is 0.460 e. The molecule has 2 aliphatic rings. The van der Waals surface area contributed by atoms with Crippen molar-refractivity contribution in [3.63, 3.8) is 0 Å². The molecule has 1 fully saturated rings. The fourth-order valence-corrected chi connectivity index (χ4v) is 6.97. The molecule has 8 nitrogen and oxygen atoms in total. The topological polar surface area (TPSA) is 109 Å². The number of esters is 1. The van der Waals surface area contributed by atoms with Crippen LogP contribution in [-0.2, 0) is 24.5 Å². The molecule has 0 spiro atoms. The molecule has 1 aliphatic heterocycles. The first-order valence-electron chi connectivity index (χ1n) is 15.4. The number of aliphatic hydroxyl groups is 1. The Kier molecular flexibility index (Phi) is 11.6. The van der Waals surface area contributed by atoms with Gasteiger partial charge in [-0.25, -0.2) is 4.98 Å². The third kappa shape index (κ3) is 9.49. The van der Waals surface area contributed by atoms with Crippen molar-refractivity contribution in [1.82, 2.24) is 15.2 Å². The van der Waals surface area contributed by atoms with Gasteiger partial charge < -0.3 is 20.1 Å². The first-order chi connectivity index (χ1) is 19.6. The zero-order valence-electron chi connectivity index (χ0n) is 26.6. The summed E-state index contributed by atoms with van der Waals surface area (Å²) in [6, 6.07) is -0.804. The second-order valence-corrected chi connectivity index (χ2v) is 14.9. The quantitative estimate of drug-likeness (QED) is 0.233. The smallest absolute Gasteiger partial charge is 0.306 e. The van der Waals surface area contributed by atoms with Crippen molar-refractivity contribution < 1.29 is 24.2 Å². The number of unbranched alkanes of at least 4 members (excludes halogenated alkanes) is 2. The van der Waals surface area contributed by atoms with Gasteiger partial charge in [0, 0.05) is 35.7 Å². The summed E-state index contributed by atoms with van der Waals surface area (Å²) in [6.07, 6.45) is 13.7. The number of nitrogens with one attached hydrogen (secondary N) is 1. The Morgan fingerprint density at radius 1 is 1.14 bits per heavy atom. The lowest BCUT2D eigenvalue weighted by Crippen LogP contribution is -2.56. The van der Waals surface area contributed by atoms with Gasteiger partial charge in [-0.1, -0.05) is 51.5 Å². The maximum absolute atomic E-state index is 14.0. The molecule has 1 aliphatic carbocycles. The molecule has 0 radical (unpaired) electrons. The lowest BCUT2D eigenvalue weighted by atomic mass is 9.75. The predicted octanol–water partition coefficient (Wildman–Crippen LogP) is 5.77. The summed E-state index contributed by atoms with van der Waals surface area (Å²) in [4.78, 5) is 46.4. The molecule has 1 aromatic heterocycles. The van der Waals surface area contributed by atoms with Crippen LogP contribution in [0.25, 0.3) is 0 Å². The zero-order chi connectivity index (χ0) is 31.1. The van der Waals surface area contributed by atoms with Gasteiger partial charge in [-0.05, 0) is 71.6 Å². The number of aliphatic hydroxyl groups excluding tert-OH is 1. The first kappa shape index (κ1) is 34.0. The van der Waals surface area contributed by atoms with Gasteiger partial charge in [0.15, 0.2) is 0 Å². The number of thiazole rings is 1. The van der Waals surface area contributed by atoms with Crippen LogP contribution < -0.4 is 5.32 Å². The molecule has 0 saturated carbocycles. The Morgan fingerprint density at radius 3 is 2.45 bits per heavy atom. The van der Waals surface area contributed by atoms with Gasteiger partial charge in [0.2, 0.25) is 11.8 Å². The second-order valence-electron chi connectivity index (χ2n) is 14.0. The molecule has 0 unspecified atom stereocenters. The molecule has 3 rings (SSSR count). The van der Waals surface area contributed by atoms with Crippen LogP contribution in [0.3, 0.4) is 0 Å². The van der Waals surface area contributed by atoms with Crippen molar-refractivity contribution in [2.45, 2.75) is 135 Å². The van der Waals surface area contributed by atoms with E-state index in [1.165, 1.54) is 4.88 Å². The zero-order valence-corrected chi connectivity index (χ0v) is 27.4. The van der Waals surface area contributed by atoms with E-state index in [1.54, 1.807) is 16.2 Å². The number of hydrogen-bond donors (Lipinski definition) is 2. The third-order valence-electron chi connectivity index (χ3n) is 8.06. The molecule has 2 N–H and O–H groups in total. The SMILES string of the molecule is Cc1ncsc1[C@]1(CC[C@H]2C[C@@H](O)CN2C(=O)[C@@H](NC(=O)CCCCCC(=O)OC(C)(C)C)C(C)(C)C)C=CC=CC1. The molecule has 1 saturated heterocycles. The van der Waals surface area contributed by atoms with E-state index in [0.29, 0.717) is 25.7 Å². The Labute approximate surface area is 256 Å². The van der Waals surface area contributed by atoms with Crippen LogP contribution >= 0.6 is 11.3 Å². The number of allylic oxidation sites excluding steroid dienone is 4. The Balaban J connectivity index is 1.60. The second kappa shape index (κ2) is 14.3. The van der Waals surface area contributed by atoms with Crippen LogP contribution in [0, 0.1) is 12.3 Å². The average molecular weight is 602 g/mol. The molecule has 0 aromatic carbocycles. The number of carbonyl (C=O) groups excluding carboxylic acids is 3. The van der Waals surface area contributed by atoms with E-state index in [4.69, 9.17) is 4.74 Å². The molecule has 42 heavy (non-hydrogen) atoms. The molecule has 0 bridgehead atoms. The van der Waals surface area contributed by atoms with Crippen LogP contribution in [0.2, 0.25) is 0 Å². The van der Waals surface area contributed by atoms with Crippen molar-refractivity contribution in [3.8, 4) is 0 Å². The molecular weight excluding hydrogens is 550 g/mol. The number of aryl methyl sites for hydroxylation is 1. The van der Waals surface area contributed by atoms with Gasteiger partial charge in [0.1, 0.15) is 11.6 Å². The standard InChI is InChI=1S/C33H51N3O5S/c1-23-29(42-22-34-23)33(17-12-9-13-18-33)19-16-24-20-25(37)21-36(24)30(40)28(31(2,3)4)35-26(38)14-10-8-11-15-27(39)41-32(5,6)7/h9,12-13,17,22,24-25,28,37H,8,10-11,14-16,18-21H2,1-7H3,(H,35,38)/t24-,25+,28+,33+/m0/s1. The molecule has 4 atom stereocenters. The lowest BCUT2D eigenvalue weighted by molar-refractivity contribution is -0.155. The minimum atomic E-state index is -0.699. The monoisotopic (exact) mass is 601 g/mol. The summed E-state index contributed by atoms with van der Waals surface area (Å²) in [6.45, 7) is 13.7. The van der Waals surface area contributed by atoms with E-state index >= 15 is 0 Å². The van der Waals surface area contributed by atoms with Crippen molar-refractivity contribution in [2.75, 3.05) is 6.54 Å². The molecule has 2 amide bonds. The van der Waals surface area contributed by atoms with Crippen molar-refractivity contribution in [1.29, 1.82) is 0 Å². The number of nitrogens with zero attached hydrogens (tertiary/aromatic N) is 2. The number of hydrogen-bond acceptors (Lipinski definition) is 7. The Bertz CT molecular complexity index is 1150. The van der Waals surface area contributed by atoms with Crippen molar-refractivity contribution >= 4 is 29.1 Å². The Hall–Kier alpha value is -2.52. The van der Waals surface area contributed by atoms with Crippen LogP contribution in [0.15, 0.2) is 29.8 Å². The summed E-state index contributed by atoms with van der Waals surface area (Å²) < 4.78 is 5.34. The van der Waals surface area contributed by atoms with Crippen LogP contribution in [-0.4, -0.2) is 63.1 Å². The normalized spacial score (nSPS) is 23.2. The minimum Gasteiger partial charge on any atom is -0.460 e. The van der Waals surface area contributed by atoms with E-state index in [1.807, 2.05) is 54.0 Å². The van der Waals surface area contributed by atoms with Crippen molar-refractivity contribution in [2.24, 2.45) is 5.41 Å². The van der Waals surface area contributed by atoms with E-state index < -0.39 is 23.2 Å². The predicted molar refractivity (Wildman–Crippen MR) is 167 cm³/mol. The molecule has 9 heteroatoms. The summed E-state index contributed by atoms with van der Waals surface area (Å²) >= 11 is 1.68. The highest BCUT2D eigenvalue weighted by atomic mass is 32.1. The van der Waals surface area contributed by atoms with Crippen molar-refractivity contribution in [3.05, 3.63) is 40.4 Å². The van der Waals surface area contributed by atoms with Gasteiger partial charge in [0.05, 0.1) is 17.3 Å². The molecular formula is C33H51N3O5S. The highest BCUT2D eigenvalue weighted by Gasteiger charge is 2.43. The van der Waals surface area contributed by atoms with E-state index in [2.05, 4.69) is 34.6 Å². The van der Waals surface area contributed by atoms with Crippen LogP contribution in [0.1, 0.15) is 110 Å². The van der Waals surface area contributed by atoms with E-state index in [-0.39, 0.29) is 42.2 Å². The van der Waals surface area contributed by atoms with Crippen LogP contribution in [0.5, 0.6) is 0 Å². The highest BCUT2D eigenvalue weighted by Crippen LogP contribution is 2.42. The minimum absolute atomic E-state index is 0.105. The highest BCUT2D eigenvalue weighted by molar-refractivity contribution is 7.10. The molecule has 1 aromatic rings. The number of carbonyl (C=O) groups is 3. The summed E-state index contributed by atoms with van der Waals surface area (Å²) in [5, 5.41) is 13.6. The number of amides is 2. The summed E-state index contributed by atoms with van der Waals surface area (Å²) in [5.41, 5.74) is 1.77. The number of rotatable bonds is 12. The fourth-order valence-electron chi connectivity index (χ4n) is 5.94. The summed E-state index contributed by atoms with van der Waals surface area (Å²) in [5.74, 6) is -0.531. The van der Waals surface area contributed by atoms with E-state index in [9.17, 15) is 19.5 Å². The van der Waals surface area contributed by atoms with Crippen LogP contribution in [0.4, 0.5) is 0 Å². The number of likely N-dealkylation sites (tertiary alicyclic amines) is 1. The number of ether oxygens (including phenoxy) is 1. The van der Waals surface area contributed by atoms with Gasteiger partial charge in [0.25, 0.3) is 0 Å². The summed E-state index contributed by atoms with van der Waals surface area (Å²) in [7, 11) is 0. The fraction of sp³-hybridized carbons (Fsp3) is 0.697. The molecule has 2 heterocycles. The average Bonchev–Trinajstić information content (AvgIpc) is 3.49. The Morgan fingerprint density at radius 2 is 1.86 bits per heavy atom. The van der Waals surface area contributed by atoms with Gasteiger partial charge in [-0.3, -0.25) is 14.4 Å². The van der Waals surface area contributed by atoms with Gasteiger partial charge >= 0.3 is 5.97 Å². The molecule has 234 valence electrons. The first-order valence-corrected chi connectivity index (χ1v) is 16.2. The van der Waals surface area contributed by atoms with Gasteiger partial charge in [-0.2, -0.15) is 0 Å². The maximum Gasteiger partial charge on any atom is 0.306 e. The number of aromatic nitrogens is 1. The maximum atomic E-state index is 14.0. The lowest BCUT2D eigenvalue weighted by Gasteiger charge is -2.37.